The number of nitrogens with one attached hydrogen (secondary N) is 1. The summed E-state index contributed by atoms with van der Waals surface area (Å²) in [4.78, 5) is 15.0. The Morgan fingerprint density at radius 2 is 1.12 bits per heavy atom. The Balaban J connectivity index is 1.48. The van der Waals surface area contributed by atoms with Crippen molar-refractivity contribution in [1.82, 2.24) is 4.90 Å². The molecule has 212 valence electrons. The second kappa shape index (κ2) is 12.3. The molecule has 5 rings (SSSR count). The summed E-state index contributed by atoms with van der Waals surface area (Å²) in [5.74, 6) is 0.471. The van der Waals surface area contributed by atoms with Crippen LogP contribution >= 0.6 is 0 Å². The Morgan fingerprint density at radius 3 is 1.55 bits per heavy atom. The first-order valence-corrected chi connectivity index (χ1v) is 13.7. The van der Waals surface area contributed by atoms with Gasteiger partial charge in [-0.2, -0.15) is 0 Å². The lowest BCUT2D eigenvalue weighted by Crippen LogP contribution is -2.44. The predicted octanol–water partition coefficient (Wildman–Crippen LogP) is 6.38. The molecular weight excluding hydrogens is 524 g/mol. The van der Waals surface area contributed by atoms with Gasteiger partial charge in [0, 0.05) is 18.3 Å². The minimum Gasteiger partial charge on any atom is -0.496 e. The quantitative estimate of drug-likeness (QED) is 0.183. The van der Waals surface area contributed by atoms with Gasteiger partial charge in [-0.1, -0.05) is 121 Å². The zero-order valence-electron chi connectivity index (χ0n) is 23.6. The molecule has 0 heterocycles. The first-order chi connectivity index (χ1) is 20.4. The molecule has 0 radical (unpaired) electrons. The number of carbonyl (C=O) groups excluding carboxylic acids is 1. The molecular formula is C36H34N2O4. The van der Waals surface area contributed by atoms with Crippen LogP contribution in [-0.4, -0.2) is 41.8 Å². The Morgan fingerprint density at radius 1 is 0.690 bits per heavy atom. The number of aliphatic hydroxyl groups is 2. The van der Waals surface area contributed by atoms with Gasteiger partial charge in [-0.3, -0.25) is 0 Å². The number of urea groups is 1. The van der Waals surface area contributed by atoms with Crippen molar-refractivity contribution in [3.8, 4) is 5.75 Å². The molecule has 0 saturated carbocycles. The molecule has 0 fully saturated rings. The molecule has 6 nitrogen and oxygen atoms in total. The van der Waals surface area contributed by atoms with E-state index in [-0.39, 0.29) is 6.54 Å². The van der Waals surface area contributed by atoms with Gasteiger partial charge in [0.25, 0.3) is 0 Å². The van der Waals surface area contributed by atoms with Gasteiger partial charge in [0.2, 0.25) is 0 Å². The molecule has 0 aliphatic carbocycles. The third-order valence-electron chi connectivity index (χ3n) is 7.54. The molecule has 0 unspecified atom stereocenters. The van der Waals surface area contributed by atoms with Crippen molar-refractivity contribution in [1.29, 1.82) is 0 Å². The number of likely N-dealkylation sites (N-methyl/N-ethyl adjacent to an activating group) is 1. The fourth-order valence-electron chi connectivity index (χ4n) is 5.32. The summed E-state index contributed by atoms with van der Waals surface area (Å²) in [7, 11) is 3.19. The van der Waals surface area contributed by atoms with Crippen LogP contribution in [0.3, 0.4) is 0 Å². The lowest BCUT2D eigenvalue weighted by atomic mass is 9.80. The second-order valence-electron chi connectivity index (χ2n) is 10.2. The number of benzene rings is 5. The van der Waals surface area contributed by atoms with E-state index >= 15 is 0 Å². The lowest BCUT2D eigenvalue weighted by Gasteiger charge is -2.34. The number of hydrogen-bond donors (Lipinski definition) is 3. The van der Waals surface area contributed by atoms with E-state index in [1.54, 1.807) is 32.4 Å². The minimum absolute atomic E-state index is 0.00778. The van der Waals surface area contributed by atoms with Gasteiger partial charge in [-0.05, 0) is 40.5 Å². The number of anilines is 1. The van der Waals surface area contributed by atoms with Crippen LogP contribution in [0.15, 0.2) is 140 Å². The molecule has 0 aliphatic heterocycles. The molecule has 0 aliphatic rings. The second-order valence-corrected chi connectivity index (χ2v) is 10.2. The highest BCUT2D eigenvalue weighted by Crippen LogP contribution is 2.42. The number of methoxy groups -OCH3 is 1. The van der Waals surface area contributed by atoms with E-state index in [4.69, 9.17) is 4.74 Å². The first-order valence-electron chi connectivity index (χ1n) is 13.7. The van der Waals surface area contributed by atoms with Crippen molar-refractivity contribution >= 4 is 11.7 Å². The van der Waals surface area contributed by atoms with Crippen molar-refractivity contribution < 1.29 is 19.7 Å². The summed E-state index contributed by atoms with van der Waals surface area (Å²) in [6.45, 7) is 0.00778. The van der Waals surface area contributed by atoms with Crippen LogP contribution in [0.25, 0.3) is 0 Å². The first kappa shape index (κ1) is 28.6. The topological polar surface area (TPSA) is 82.0 Å². The summed E-state index contributed by atoms with van der Waals surface area (Å²) in [6, 6.07) is 42.1. The van der Waals surface area contributed by atoms with Crippen molar-refractivity contribution in [2.24, 2.45) is 0 Å². The number of amides is 2. The maximum atomic E-state index is 13.5. The van der Waals surface area contributed by atoms with E-state index in [2.05, 4.69) is 5.32 Å². The molecule has 6 heteroatoms. The third kappa shape index (κ3) is 5.63. The van der Waals surface area contributed by atoms with Gasteiger partial charge in [0.15, 0.2) is 0 Å². The number of nitrogens with zero attached hydrogens (tertiary/aromatic N) is 1. The van der Waals surface area contributed by atoms with Crippen LogP contribution in [0.5, 0.6) is 5.75 Å². The molecule has 0 bridgehead atoms. The fraction of sp³-hybridized carbons (Fsp3) is 0.139. The zero-order chi connectivity index (χ0) is 29.6. The van der Waals surface area contributed by atoms with Crippen LogP contribution in [0.4, 0.5) is 10.5 Å². The minimum atomic E-state index is -1.55. The van der Waals surface area contributed by atoms with Crippen LogP contribution in [0.2, 0.25) is 0 Å². The van der Waals surface area contributed by atoms with Crippen molar-refractivity contribution in [3.05, 3.63) is 167 Å². The Kier molecular flexibility index (Phi) is 8.38. The summed E-state index contributed by atoms with van der Waals surface area (Å²) in [5, 5.41) is 27.3. The molecule has 0 atom stereocenters. The van der Waals surface area contributed by atoms with Gasteiger partial charge in [0.05, 0.1) is 13.7 Å². The van der Waals surface area contributed by atoms with E-state index < -0.39 is 17.2 Å². The zero-order valence-corrected chi connectivity index (χ0v) is 23.6. The van der Waals surface area contributed by atoms with Gasteiger partial charge in [0.1, 0.15) is 17.0 Å². The summed E-state index contributed by atoms with van der Waals surface area (Å²) in [6.07, 6.45) is 0. The Hall–Kier alpha value is -4.91. The van der Waals surface area contributed by atoms with E-state index in [9.17, 15) is 15.0 Å². The predicted molar refractivity (Wildman–Crippen MR) is 166 cm³/mol. The van der Waals surface area contributed by atoms with Crippen molar-refractivity contribution in [2.75, 3.05) is 26.0 Å². The fourth-order valence-corrected chi connectivity index (χ4v) is 5.32. The summed E-state index contributed by atoms with van der Waals surface area (Å²) < 4.78 is 5.69. The highest BCUT2D eigenvalue weighted by atomic mass is 16.5. The molecule has 0 spiro atoms. The molecule has 3 N–H and O–H groups in total. The Bertz CT molecular complexity index is 1530. The van der Waals surface area contributed by atoms with Gasteiger partial charge in [-0.15, -0.1) is 0 Å². The van der Waals surface area contributed by atoms with Crippen molar-refractivity contribution in [3.63, 3.8) is 0 Å². The summed E-state index contributed by atoms with van der Waals surface area (Å²) >= 11 is 0. The van der Waals surface area contributed by atoms with Crippen molar-refractivity contribution in [2.45, 2.75) is 11.2 Å². The highest BCUT2D eigenvalue weighted by molar-refractivity contribution is 5.89. The number of rotatable bonds is 9. The van der Waals surface area contributed by atoms with E-state index in [1.807, 2.05) is 121 Å². The maximum absolute atomic E-state index is 13.5. The smallest absolute Gasteiger partial charge is 0.321 e. The molecule has 2 amide bonds. The standard InChI is InChI=1S/C36H34N2O4/c1-38(26-35(40,27-15-7-3-8-16-27)28-17-9-4-10-18-28)34(39)37-31-23-24-33(42-2)32(25-31)36(41,29-19-11-5-12-20-29)30-21-13-6-14-22-30/h3-25,40-41H,26H2,1-2H3,(H,37,39). The molecule has 5 aromatic carbocycles. The maximum Gasteiger partial charge on any atom is 0.321 e. The Labute approximate surface area is 246 Å². The largest absolute Gasteiger partial charge is 0.496 e. The average molecular weight is 559 g/mol. The van der Waals surface area contributed by atoms with E-state index in [1.165, 1.54) is 4.90 Å². The van der Waals surface area contributed by atoms with E-state index in [0.29, 0.717) is 39.3 Å². The van der Waals surface area contributed by atoms with Gasteiger partial charge >= 0.3 is 6.03 Å². The molecule has 0 saturated heterocycles. The molecule has 5 aromatic rings. The summed E-state index contributed by atoms with van der Waals surface area (Å²) in [5.41, 5.74) is 0.638. The number of hydrogen-bond acceptors (Lipinski definition) is 4. The molecule has 42 heavy (non-hydrogen) atoms. The monoisotopic (exact) mass is 558 g/mol. The van der Waals surface area contributed by atoms with Crippen LogP contribution < -0.4 is 10.1 Å². The number of carbonyl (C=O) groups is 1. The SMILES string of the molecule is COc1ccc(NC(=O)N(C)CC(O)(c2ccccc2)c2ccccc2)cc1C(O)(c1ccccc1)c1ccccc1. The average Bonchev–Trinajstić information content (AvgIpc) is 3.06. The highest BCUT2D eigenvalue weighted by Gasteiger charge is 2.37. The normalized spacial score (nSPS) is 11.5. The van der Waals surface area contributed by atoms with E-state index in [0.717, 1.165) is 0 Å². The van der Waals surface area contributed by atoms with Gasteiger partial charge < -0.3 is 25.2 Å². The molecule has 0 aromatic heterocycles. The lowest BCUT2D eigenvalue weighted by molar-refractivity contribution is 0.0547. The van der Waals surface area contributed by atoms with Crippen LogP contribution in [0, 0.1) is 0 Å². The van der Waals surface area contributed by atoms with Crippen LogP contribution in [0.1, 0.15) is 27.8 Å². The third-order valence-corrected chi connectivity index (χ3v) is 7.54. The van der Waals surface area contributed by atoms with Gasteiger partial charge in [-0.25, -0.2) is 4.79 Å². The van der Waals surface area contributed by atoms with Crippen LogP contribution in [-0.2, 0) is 11.2 Å². The number of ether oxygens (including phenoxy) is 1.